The molecule has 2 heterocycles. The molecule has 0 amide bonds. The highest BCUT2D eigenvalue weighted by molar-refractivity contribution is 8.00. The van der Waals surface area contributed by atoms with Gasteiger partial charge in [0.25, 0.3) is 0 Å². The summed E-state index contributed by atoms with van der Waals surface area (Å²) < 4.78 is 5.65. The van der Waals surface area contributed by atoms with Crippen molar-refractivity contribution < 1.29 is 4.42 Å². The predicted octanol–water partition coefficient (Wildman–Crippen LogP) is 2.00. The van der Waals surface area contributed by atoms with Crippen molar-refractivity contribution >= 4 is 11.8 Å². The molecule has 84 valence electrons. The van der Waals surface area contributed by atoms with Crippen molar-refractivity contribution in [1.82, 2.24) is 4.98 Å². The van der Waals surface area contributed by atoms with E-state index in [1.165, 1.54) is 18.6 Å². The number of hydrogen-bond donors (Lipinski definition) is 1. The topological polar surface area (TPSA) is 52.0 Å². The summed E-state index contributed by atoms with van der Waals surface area (Å²) in [5.74, 6) is 3.09. The maximum Gasteiger partial charge on any atom is 0.195 e. The molecule has 2 atom stereocenters. The van der Waals surface area contributed by atoms with Crippen LogP contribution in [-0.2, 0) is 12.8 Å². The van der Waals surface area contributed by atoms with Gasteiger partial charge in [-0.05, 0) is 25.5 Å². The highest BCUT2D eigenvalue weighted by Crippen LogP contribution is 2.28. The van der Waals surface area contributed by atoms with Crippen molar-refractivity contribution in [2.24, 2.45) is 5.73 Å². The van der Waals surface area contributed by atoms with Crippen LogP contribution in [0.15, 0.2) is 10.6 Å². The van der Waals surface area contributed by atoms with Gasteiger partial charge < -0.3 is 10.2 Å². The molecule has 4 heteroatoms. The summed E-state index contributed by atoms with van der Waals surface area (Å²) in [6.45, 7) is 1.98. The zero-order chi connectivity index (χ0) is 10.7. The van der Waals surface area contributed by atoms with Crippen LogP contribution in [0.4, 0.5) is 0 Å². The van der Waals surface area contributed by atoms with Gasteiger partial charge in [0.15, 0.2) is 5.89 Å². The molecular weight excluding hydrogens is 208 g/mol. The average Bonchev–Trinajstić information content (AvgIpc) is 2.77. The van der Waals surface area contributed by atoms with Crippen molar-refractivity contribution in [3.05, 3.63) is 17.8 Å². The van der Waals surface area contributed by atoms with Gasteiger partial charge in [0, 0.05) is 24.1 Å². The Balaban J connectivity index is 1.88. The first-order chi connectivity index (χ1) is 7.24. The Hall–Kier alpha value is -0.480. The summed E-state index contributed by atoms with van der Waals surface area (Å²) in [6, 6.07) is 0.145. The lowest BCUT2D eigenvalue weighted by Gasteiger charge is -2.04. The number of hydrogen-bond acceptors (Lipinski definition) is 4. The van der Waals surface area contributed by atoms with E-state index in [4.69, 9.17) is 10.2 Å². The third kappa shape index (κ3) is 3.24. The first-order valence-electron chi connectivity index (χ1n) is 5.55. The van der Waals surface area contributed by atoms with E-state index < -0.39 is 0 Å². The summed E-state index contributed by atoms with van der Waals surface area (Å²) in [7, 11) is 0. The molecule has 1 aromatic rings. The third-order valence-electron chi connectivity index (χ3n) is 2.55. The minimum Gasteiger partial charge on any atom is -0.446 e. The molecule has 0 radical (unpaired) electrons. The molecule has 1 aliphatic rings. The van der Waals surface area contributed by atoms with Crippen molar-refractivity contribution in [1.29, 1.82) is 0 Å². The lowest BCUT2D eigenvalue weighted by atomic mass is 10.2. The standard InChI is InChI=1S/C11H18N2OS/c1-8(12)5-9-7-13-11(14-9)6-10-3-2-4-15-10/h7-8,10H,2-6,12H2,1H3. The van der Waals surface area contributed by atoms with Crippen LogP contribution in [0, 0.1) is 0 Å². The van der Waals surface area contributed by atoms with E-state index in [0.29, 0.717) is 5.25 Å². The second kappa shape index (κ2) is 5.03. The molecule has 0 saturated carbocycles. The molecule has 3 nitrogen and oxygen atoms in total. The predicted molar refractivity (Wildman–Crippen MR) is 63.0 cm³/mol. The number of thioether (sulfide) groups is 1. The Morgan fingerprint density at radius 2 is 2.60 bits per heavy atom. The maximum atomic E-state index is 5.71. The molecule has 1 aromatic heterocycles. The molecule has 2 unspecified atom stereocenters. The minimum atomic E-state index is 0.145. The van der Waals surface area contributed by atoms with E-state index in [9.17, 15) is 0 Å². The van der Waals surface area contributed by atoms with Gasteiger partial charge in [0.05, 0.1) is 6.20 Å². The number of nitrogens with two attached hydrogens (primary N) is 1. The van der Waals surface area contributed by atoms with Crippen LogP contribution >= 0.6 is 11.8 Å². The molecule has 0 aromatic carbocycles. The Morgan fingerprint density at radius 1 is 1.73 bits per heavy atom. The second-order valence-corrected chi connectivity index (χ2v) is 5.65. The monoisotopic (exact) mass is 226 g/mol. The van der Waals surface area contributed by atoms with Crippen LogP contribution in [0.1, 0.15) is 31.4 Å². The van der Waals surface area contributed by atoms with Gasteiger partial charge in [-0.25, -0.2) is 4.98 Å². The van der Waals surface area contributed by atoms with Crippen LogP contribution in [0.2, 0.25) is 0 Å². The van der Waals surface area contributed by atoms with Crippen molar-refractivity contribution in [3.8, 4) is 0 Å². The SMILES string of the molecule is CC(N)Cc1cnc(CC2CCCS2)o1. The van der Waals surface area contributed by atoms with E-state index in [2.05, 4.69) is 4.98 Å². The maximum absolute atomic E-state index is 5.71. The zero-order valence-corrected chi connectivity index (χ0v) is 9.93. The number of aromatic nitrogens is 1. The Labute approximate surface area is 94.8 Å². The lowest BCUT2D eigenvalue weighted by molar-refractivity contribution is 0.440. The molecule has 2 N–H and O–H groups in total. The normalized spacial score (nSPS) is 23.2. The van der Waals surface area contributed by atoms with Crippen LogP contribution < -0.4 is 5.73 Å². The minimum absolute atomic E-state index is 0.145. The fourth-order valence-corrected chi connectivity index (χ4v) is 3.11. The van der Waals surface area contributed by atoms with Crippen LogP contribution in [0.25, 0.3) is 0 Å². The first kappa shape index (κ1) is 11.0. The fraction of sp³-hybridized carbons (Fsp3) is 0.727. The Bertz CT molecular complexity index is 305. The summed E-state index contributed by atoms with van der Waals surface area (Å²) in [6.07, 6.45) is 6.21. The van der Waals surface area contributed by atoms with E-state index in [0.717, 1.165) is 24.5 Å². The van der Waals surface area contributed by atoms with E-state index in [1.807, 2.05) is 24.9 Å². The third-order valence-corrected chi connectivity index (χ3v) is 3.95. The number of oxazole rings is 1. The van der Waals surface area contributed by atoms with Gasteiger partial charge >= 0.3 is 0 Å². The molecule has 0 aliphatic carbocycles. The highest BCUT2D eigenvalue weighted by Gasteiger charge is 2.18. The van der Waals surface area contributed by atoms with Crippen molar-refractivity contribution in [3.63, 3.8) is 0 Å². The largest absolute Gasteiger partial charge is 0.446 e. The van der Waals surface area contributed by atoms with Gasteiger partial charge in [0.1, 0.15) is 5.76 Å². The van der Waals surface area contributed by atoms with Gasteiger partial charge in [-0.15, -0.1) is 0 Å². The molecule has 1 aliphatic heterocycles. The second-order valence-electron chi connectivity index (χ2n) is 4.24. The fourth-order valence-electron chi connectivity index (χ4n) is 1.85. The summed E-state index contributed by atoms with van der Waals surface area (Å²) >= 11 is 2.04. The van der Waals surface area contributed by atoms with E-state index in [-0.39, 0.29) is 6.04 Å². The van der Waals surface area contributed by atoms with Gasteiger partial charge in [-0.1, -0.05) is 0 Å². The zero-order valence-electron chi connectivity index (χ0n) is 9.11. The molecule has 0 spiro atoms. The van der Waals surface area contributed by atoms with E-state index >= 15 is 0 Å². The smallest absolute Gasteiger partial charge is 0.195 e. The van der Waals surface area contributed by atoms with Gasteiger partial charge in [-0.3, -0.25) is 0 Å². The summed E-state index contributed by atoms with van der Waals surface area (Å²) in [5, 5.41) is 0.715. The quantitative estimate of drug-likeness (QED) is 0.853. The van der Waals surface area contributed by atoms with Crippen LogP contribution in [-0.4, -0.2) is 22.0 Å². The molecule has 1 fully saturated rings. The summed E-state index contributed by atoms with van der Waals surface area (Å²) in [5.41, 5.74) is 5.71. The number of nitrogens with zero attached hydrogens (tertiary/aromatic N) is 1. The van der Waals surface area contributed by atoms with Crippen molar-refractivity contribution in [2.45, 2.75) is 43.9 Å². The molecule has 2 rings (SSSR count). The van der Waals surface area contributed by atoms with Crippen LogP contribution in [0.3, 0.4) is 0 Å². The molecule has 1 saturated heterocycles. The van der Waals surface area contributed by atoms with Gasteiger partial charge in [-0.2, -0.15) is 11.8 Å². The summed E-state index contributed by atoms with van der Waals surface area (Å²) in [4.78, 5) is 4.30. The van der Waals surface area contributed by atoms with E-state index in [1.54, 1.807) is 0 Å². The van der Waals surface area contributed by atoms with Gasteiger partial charge in [0.2, 0.25) is 0 Å². The highest BCUT2D eigenvalue weighted by atomic mass is 32.2. The molecular formula is C11H18N2OS. The molecule has 15 heavy (non-hydrogen) atoms. The first-order valence-corrected chi connectivity index (χ1v) is 6.59. The van der Waals surface area contributed by atoms with Crippen LogP contribution in [0.5, 0.6) is 0 Å². The van der Waals surface area contributed by atoms with Crippen molar-refractivity contribution in [2.75, 3.05) is 5.75 Å². The Kier molecular flexibility index (Phi) is 3.70. The Morgan fingerprint density at radius 3 is 3.27 bits per heavy atom. The lowest BCUT2D eigenvalue weighted by Crippen LogP contribution is -2.17. The molecule has 0 bridgehead atoms. The average molecular weight is 226 g/mol. The number of rotatable bonds is 4.